The molecule has 2 aromatic rings. The molecule has 0 bridgehead atoms. The van der Waals surface area contributed by atoms with E-state index in [4.69, 9.17) is 9.88 Å². The highest BCUT2D eigenvalue weighted by Crippen LogP contribution is 2.36. The van der Waals surface area contributed by atoms with Gasteiger partial charge in [0.25, 0.3) is 0 Å². The Hall–Kier alpha value is -2.79. The lowest BCUT2D eigenvalue weighted by Crippen LogP contribution is -2.37. The highest BCUT2D eigenvalue weighted by molar-refractivity contribution is 7.89. The molecule has 2 fully saturated rings. The number of anilines is 2. The Morgan fingerprint density at radius 2 is 1.84 bits per heavy atom. The average molecular weight is 464 g/mol. The van der Waals surface area contributed by atoms with E-state index in [0.29, 0.717) is 0 Å². The number of carbonyl (C=O) groups is 1. The van der Waals surface area contributed by atoms with E-state index in [1.54, 1.807) is 12.4 Å². The van der Waals surface area contributed by atoms with Gasteiger partial charge in [0.15, 0.2) is 0 Å². The Kier molecular flexibility index (Phi) is 6.04. The molecule has 0 spiro atoms. The number of nitrogens with one attached hydrogen (secondary N) is 2. The van der Waals surface area contributed by atoms with Gasteiger partial charge in [-0.1, -0.05) is 0 Å². The normalized spacial score (nSPS) is 22.1. The maximum Gasteiger partial charge on any atom is 0.407 e. The second kappa shape index (κ2) is 8.62. The zero-order valence-electron chi connectivity index (χ0n) is 17.7. The van der Waals surface area contributed by atoms with Crippen LogP contribution in [0.1, 0.15) is 56.9 Å². The zero-order valence-corrected chi connectivity index (χ0v) is 18.5. The molecule has 1 amide bonds. The van der Waals surface area contributed by atoms with Crippen molar-refractivity contribution >= 4 is 27.8 Å². The minimum absolute atomic E-state index is 0.0427. The van der Waals surface area contributed by atoms with Gasteiger partial charge >= 0.3 is 6.09 Å². The molecule has 0 radical (unpaired) electrons. The Bertz CT molecular complexity index is 1100. The Balaban J connectivity index is 1.30. The molecule has 0 aliphatic heterocycles. The van der Waals surface area contributed by atoms with Crippen LogP contribution in [0.15, 0.2) is 35.5 Å². The predicted octanol–water partition coefficient (Wildman–Crippen LogP) is 3.31. The molecule has 0 atom stereocenters. The third-order valence-corrected chi connectivity index (χ3v) is 6.92. The summed E-state index contributed by atoms with van der Waals surface area (Å²) < 4.78 is 42.3. The lowest BCUT2D eigenvalue weighted by Gasteiger charge is -2.28. The van der Waals surface area contributed by atoms with Gasteiger partial charge in [0, 0.05) is 17.9 Å². The number of sulfonamides is 1. The smallest absolute Gasteiger partial charge is 0.407 e. The zero-order chi connectivity index (χ0) is 22.9. The molecular weight excluding hydrogens is 437 g/mol. The van der Waals surface area contributed by atoms with Gasteiger partial charge in [-0.15, -0.1) is 0 Å². The molecule has 4 rings (SSSR count). The molecule has 11 heteroatoms. The average Bonchev–Trinajstić information content (AvgIpc) is 3.46. The number of nitrogens with zero attached hydrogens (tertiary/aromatic N) is 2. The SMILES string of the molecule is CC1(NC(=O)OC2CCC(c3cnc(Nc4ccc(S(N)(=O)=O)cc4F)nc3)CC2)CC1. The predicted molar refractivity (Wildman–Crippen MR) is 115 cm³/mol. The summed E-state index contributed by atoms with van der Waals surface area (Å²) in [5, 5.41) is 10.7. The Morgan fingerprint density at radius 1 is 1.19 bits per heavy atom. The van der Waals surface area contributed by atoms with Crippen molar-refractivity contribution < 1.29 is 22.3 Å². The number of hydrogen-bond acceptors (Lipinski definition) is 7. The second-order valence-electron chi connectivity index (χ2n) is 8.72. The van der Waals surface area contributed by atoms with Crippen molar-refractivity contribution in [2.24, 2.45) is 5.14 Å². The van der Waals surface area contributed by atoms with Crippen LogP contribution in [0.5, 0.6) is 0 Å². The molecule has 0 unspecified atom stereocenters. The number of amides is 1. The largest absolute Gasteiger partial charge is 0.446 e. The van der Waals surface area contributed by atoms with Crippen LogP contribution in [-0.4, -0.2) is 36.1 Å². The number of halogens is 1. The van der Waals surface area contributed by atoms with E-state index >= 15 is 0 Å². The lowest BCUT2D eigenvalue weighted by atomic mass is 9.84. The van der Waals surface area contributed by atoms with Gasteiger partial charge in [0.2, 0.25) is 16.0 Å². The summed E-state index contributed by atoms with van der Waals surface area (Å²) in [6.45, 7) is 2.01. The van der Waals surface area contributed by atoms with Crippen LogP contribution in [0.2, 0.25) is 0 Å². The van der Waals surface area contributed by atoms with Crippen molar-refractivity contribution in [1.82, 2.24) is 15.3 Å². The number of ether oxygens (including phenoxy) is 1. The van der Waals surface area contributed by atoms with Gasteiger partial charge in [0.05, 0.1) is 10.6 Å². The molecular formula is C21H26FN5O4S. The number of carbonyl (C=O) groups excluding carboxylic acids is 1. The number of alkyl carbamates (subject to hydrolysis) is 1. The third kappa shape index (κ3) is 5.52. The number of nitrogens with two attached hydrogens (primary N) is 1. The molecule has 2 aliphatic rings. The van der Waals surface area contributed by atoms with E-state index in [1.165, 1.54) is 12.1 Å². The topological polar surface area (TPSA) is 136 Å². The minimum atomic E-state index is -3.98. The van der Waals surface area contributed by atoms with Crippen molar-refractivity contribution in [1.29, 1.82) is 0 Å². The third-order valence-electron chi connectivity index (χ3n) is 6.01. The summed E-state index contributed by atoms with van der Waals surface area (Å²) in [5.74, 6) is -0.320. The van der Waals surface area contributed by atoms with Gasteiger partial charge < -0.3 is 15.4 Å². The van der Waals surface area contributed by atoms with E-state index in [-0.39, 0.29) is 40.2 Å². The highest BCUT2D eigenvalue weighted by atomic mass is 32.2. The van der Waals surface area contributed by atoms with E-state index in [9.17, 15) is 17.6 Å². The summed E-state index contributed by atoms with van der Waals surface area (Å²) >= 11 is 0. The fourth-order valence-electron chi connectivity index (χ4n) is 3.76. The minimum Gasteiger partial charge on any atom is -0.446 e. The summed E-state index contributed by atoms with van der Waals surface area (Å²) in [6.07, 6.45) is 8.21. The van der Waals surface area contributed by atoms with Gasteiger partial charge in [-0.25, -0.2) is 32.7 Å². The van der Waals surface area contributed by atoms with Gasteiger partial charge in [-0.3, -0.25) is 0 Å². The quantitative estimate of drug-likeness (QED) is 0.598. The molecule has 4 N–H and O–H groups in total. The molecule has 1 aromatic carbocycles. The fourth-order valence-corrected chi connectivity index (χ4v) is 4.29. The number of aromatic nitrogens is 2. The van der Waals surface area contributed by atoms with Crippen molar-refractivity contribution in [3.8, 4) is 0 Å². The summed E-state index contributed by atoms with van der Waals surface area (Å²) in [4.78, 5) is 20.2. The van der Waals surface area contributed by atoms with Crippen molar-refractivity contribution in [3.63, 3.8) is 0 Å². The molecule has 1 aromatic heterocycles. The van der Waals surface area contributed by atoms with Gasteiger partial charge in [-0.05, 0) is 75.1 Å². The first kappa shape index (κ1) is 22.4. The number of primary sulfonamides is 1. The first-order valence-electron chi connectivity index (χ1n) is 10.5. The van der Waals surface area contributed by atoms with Crippen LogP contribution in [0.25, 0.3) is 0 Å². The number of hydrogen-bond donors (Lipinski definition) is 3. The first-order valence-corrected chi connectivity index (χ1v) is 12.1. The molecule has 172 valence electrons. The van der Waals surface area contributed by atoms with Crippen LogP contribution in [-0.2, 0) is 14.8 Å². The van der Waals surface area contributed by atoms with Crippen LogP contribution >= 0.6 is 0 Å². The van der Waals surface area contributed by atoms with Crippen LogP contribution in [0.4, 0.5) is 20.8 Å². The van der Waals surface area contributed by atoms with E-state index in [2.05, 4.69) is 20.6 Å². The van der Waals surface area contributed by atoms with Crippen molar-refractivity contribution in [2.75, 3.05) is 5.32 Å². The van der Waals surface area contributed by atoms with Gasteiger partial charge in [-0.2, -0.15) is 0 Å². The molecule has 2 saturated carbocycles. The van der Waals surface area contributed by atoms with Crippen LogP contribution in [0.3, 0.4) is 0 Å². The van der Waals surface area contributed by atoms with E-state index in [0.717, 1.165) is 50.2 Å². The summed E-state index contributed by atoms with van der Waals surface area (Å²) in [5.41, 5.74) is 0.921. The summed E-state index contributed by atoms with van der Waals surface area (Å²) in [6, 6.07) is 3.33. The molecule has 9 nitrogen and oxygen atoms in total. The number of benzene rings is 1. The van der Waals surface area contributed by atoms with Crippen LogP contribution in [0, 0.1) is 5.82 Å². The standard InChI is InChI=1S/C21H26FN5O4S/c1-21(8-9-21)27-20(28)31-15-4-2-13(3-5-15)14-11-24-19(25-12-14)26-18-7-6-16(10-17(18)22)32(23,29)30/h6-7,10-13,15H,2-5,8-9H2,1H3,(H,27,28)(H2,23,29,30)(H,24,25,26). The Morgan fingerprint density at radius 3 is 2.41 bits per heavy atom. The maximum atomic E-state index is 14.2. The monoisotopic (exact) mass is 463 g/mol. The molecule has 2 aliphatic carbocycles. The summed E-state index contributed by atoms with van der Waals surface area (Å²) in [7, 11) is -3.98. The molecule has 1 heterocycles. The highest BCUT2D eigenvalue weighted by Gasteiger charge is 2.39. The van der Waals surface area contributed by atoms with Crippen molar-refractivity contribution in [3.05, 3.63) is 42.0 Å². The Labute approximate surface area is 186 Å². The maximum absolute atomic E-state index is 14.2. The second-order valence-corrected chi connectivity index (χ2v) is 10.3. The molecule has 32 heavy (non-hydrogen) atoms. The van der Waals surface area contributed by atoms with Crippen molar-refractivity contribution in [2.45, 2.75) is 67.9 Å². The van der Waals surface area contributed by atoms with Crippen LogP contribution < -0.4 is 15.8 Å². The number of rotatable bonds is 6. The fraction of sp³-hybridized carbons (Fsp3) is 0.476. The molecule has 0 saturated heterocycles. The lowest BCUT2D eigenvalue weighted by molar-refractivity contribution is 0.0688. The van der Waals surface area contributed by atoms with E-state index in [1.807, 2.05) is 6.92 Å². The van der Waals surface area contributed by atoms with E-state index < -0.39 is 15.8 Å². The van der Waals surface area contributed by atoms with Gasteiger partial charge in [0.1, 0.15) is 11.9 Å². The first-order chi connectivity index (χ1) is 15.1.